The van der Waals surface area contributed by atoms with Crippen LogP contribution in [-0.4, -0.2) is 19.1 Å². The number of halogens is 1. The molecule has 0 aliphatic carbocycles. The van der Waals surface area contributed by atoms with Crippen LogP contribution in [0.25, 0.3) is 0 Å². The zero-order chi connectivity index (χ0) is 12.8. The summed E-state index contributed by atoms with van der Waals surface area (Å²) in [5, 5.41) is 2.96. The van der Waals surface area contributed by atoms with Crippen molar-refractivity contribution in [3.8, 4) is 5.75 Å². The molecule has 0 saturated carbocycles. The first-order valence-corrected chi connectivity index (χ1v) is 6.52. The summed E-state index contributed by atoms with van der Waals surface area (Å²) in [6, 6.07) is 5.52. The van der Waals surface area contributed by atoms with Crippen LogP contribution in [0.2, 0.25) is 0 Å². The van der Waals surface area contributed by atoms with Crippen LogP contribution in [0.4, 0.5) is 0 Å². The molecule has 0 fully saturated rings. The first-order valence-electron chi connectivity index (χ1n) is 5.72. The Morgan fingerprint density at radius 1 is 1.53 bits per heavy atom. The molecule has 0 heterocycles. The van der Waals surface area contributed by atoms with E-state index in [4.69, 9.17) is 4.74 Å². The van der Waals surface area contributed by atoms with Crippen LogP contribution in [0, 0.1) is 0 Å². The molecular formula is C13H18BrNO2. The Bertz CT molecular complexity index is 393. The van der Waals surface area contributed by atoms with Crippen LogP contribution in [0.1, 0.15) is 37.0 Å². The molecular weight excluding hydrogens is 282 g/mol. The van der Waals surface area contributed by atoms with Crippen LogP contribution >= 0.6 is 15.9 Å². The van der Waals surface area contributed by atoms with Crippen molar-refractivity contribution in [2.45, 2.75) is 32.7 Å². The lowest BCUT2D eigenvalue weighted by molar-refractivity contribution is 0.0938. The van der Waals surface area contributed by atoms with Gasteiger partial charge in [0.05, 0.1) is 11.6 Å². The standard InChI is InChI=1S/C13H18BrNO2/c1-4-5-9(2)15-13(16)10-6-7-12(17-3)11(14)8-10/h6-9H,4-5H2,1-3H3,(H,15,16). The summed E-state index contributed by atoms with van der Waals surface area (Å²) in [6.07, 6.45) is 2.05. The Labute approximate surface area is 111 Å². The number of benzene rings is 1. The SMILES string of the molecule is CCCC(C)NC(=O)c1ccc(OC)c(Br)c1. The zero-order valence-corrected chi connectivity index (χ0v) is 12.0. The third-order valence-corrected chi connectivity index (χ3v) is 3.13. The van der Waals surface area contributed by atoms with Gasteiger partial charge < -0.3 is 10.1 Å². The highest BCUT2D eigenvalue weighted by Crippen LogP contribution is 2.25. The van der Waals surface area contributed by atoms with Crippen LogP contribution in [-0.2, 0) is 0 Å². The Morgan fingerprint density at radius 2 is 2.24 bits per heavy atom. The number of carbonyl (C=O) groups excluding carboxylic acids is 1. The Morgan fingerprint density at radius 3 is 2.76 bits per heavy atom. The van der Waals surface area contributed by atoms with E-state index in [9.17, 15) is 4.79 Å². The molecule has 17 heavy (non-hydrogen) atoms. The van der Waals surface area contributed by atoms with Crippen molar-refractivity contribution in [1.82, 2.24) is 5.32 Å². The van der Waals surface area contributed by atoms with Gasteiger partial charge in [-0.05, 0) is 47.5 Å². The lowest BCUT2D eigenvalue weighted by Crippen LogP contribution is -2.32. The van der Waals surface area contributed by atoms with Crippen molar-refractivity contribution in [3.05, 3.63) is 28.2 Å². The summed E-state index contributed by atoms with van der Waals surface area (Å²) in [4.78, 5) is 11.9. The molecule has 0 aromatic heterocycles. The maximum absolute atomic E-state index is 11.9. The Hall–Kier alpha value is -1.03. The molecule has 1 atom stereocenters. The molecule has 1 aromatic carbocycles. The van der Waals surface area contributed by atoms with Crippen molar-refractivity contribution in [3.63, 3.8) is 0 Å². The Balaban J connectivity index is 2.72. The lowest BCUT2D eigenvalue weighted by atomic mass is 10.1. The molecule has 0 saturated heterocycles. The largest absolute Gasteiger partial charge is 0.496 e. The van der Waals surface area contributed by atoms with E-state index in [-0.39, 0.29) is 11.9 Å². The van der Waals surface area contributed by atoms with Crippen LogP contribution in [0.3, 0.4) is 0 Å². The van der Waals surface area contributed by atoms with Gasteiger partial charge in [-0.2, -0.15) is 0 Å². The molecule has 0 spiro atoms. The quantitative estimate of drug-likeness (QED) is 0.905. The number of nitrogens with one attached hydrogen (secondary N) is 1. The molecule has 1 aromatic rings. The van der Waals surface area contributed by atoms with Gasteiger partial charge in [-0.15, -0.1) is 0 Å². The molecule has 0 radical (unpaired) electrons. The number of carbonyl (C=O) groups is 1. The number of amides is 1. The molecule has 0 aliphatic rings. The second-order valence-electron chi connectivity index (χ2n) is 4.01. The van der Waals surface area contributed by atoms with Gasteiger partial charge in [0.25, 0.3) is 5.91 Å². The zero-order valence-electron chi connectivity index (χ0n) is 10.4. The maximum atomic E-state index is 11.9. The van der Waals surface area contributed by atoms with E-state index in [2.05, 4.69) is 28.2 Å². The fraction of sp³-hybridized carbons (Fsp3) is 0.462. The van der Waals surface area contributed by atoms with Gasteiger partial charge in [-0.25, -0.2) is 0 Å². The molecule has 1 unspecified atom stereocenters. The van der Waals surface area contributed by atoms with E-state index in [1.54, 1.807) is 25.3 Å². The minimum absolute atomic E-state index is 0.0469. The van der Waals surface area contributed by atoms with Crippen molar-refractivity contribution in [2.24, 2.45) is 0 Å². The van der Waals surface area contributed by atoms with Gasteiger partial charge in [-0.1, -0.05) is 13.3 Å². The topological polar surface area (TPSA) is 38.3 Å². The Kier molecular flexibility index (Phi) is 5.48. The van der Waals surface area contributed by atoms with E-state index in [0.717, 1.165) is 23.1 Å². The van der Waals surface area contributed by atoms with E-state index in [1.807, 2.05) is 6.92 Å². The van der Waals surface area contributed by atoms with Crippen LogP contribution < -0.4 is 10.1 Å². The van der Waals surface area contributed by atoms with E-state index >= 15 is 0 Å². The van der Waals surface area contributed by atoms with Gasteiger partial charge in [0.1, 0.15) is 5.75 Å². The summed E-state index contributed by atoms with van der Waals surface area (Å²) < 4.78 is 5.91. The lowest BCUT2D eigenvalue weighted by Gasteiger charge is -2.13. The van der Waals surface area contributed by atoms with Gasteiger partial charge in [-0.3, -0.25) is 4.79 Å². The molecule has 94 valence electrons. The second-order valence-corrected chi connectivity index (χ2v) is 4.87. The van der Waals surface area contributed by atoms with Gasteiger partial charge >= 0.3 is 0 Å². The monoisotopic (exact) mass is 299 g/mol. The smallest absolute Gasteiger partial charge is 0.251 e. The first-order chi connectivity index (χ1) is 8.08. The molecule has 1 N–H and O–H groups in total. The second kappa shape index (κ2) is 6.64. The summed E-state index contributed by atoms with van der Waals surface area (Å²) in [5.41, 5.74) is 0.639. The van der Waals surface area contributed by atoms with Crippen molar-refractivity contribution in [2.75, 3.05) is 7.11 Å². The predicted molar refractivity (Wildman–Crippen MR) is 72.5 cm³/mol. The number of rotatable bonds is 5. The minimum atomic E-state index is -0.0469. The van der Waals surface area contributed by atoms with Crippen LogP contribution in [0.15, 0.2) is 22.7 Å². The summed E-state index contributed by atoms with van der Waals surface area (Å²) in [6.45, 7) is 4.12. The third-order valence-electron chi connectivity index (χ3n) is 2.51. The number of hydrogen-bond acceptors (Lipinski definition) is 2. The van der Waals surface area contributed by atoms with Crippen molar-refractivity contribution in [1.29, 1.82) is 0 Å². The first kappa shape index (κ1) is 14.0. The highest BCUT2D eigenvalue weighted by Gasteiger charge is 2.11. The average Bonchev–Trinajstić information content (AvgIpc) is 2.29. The van der Waals surface area contributed by atoms with Gasteiger partial charge in [0, 0.05) is 11.6 Å². The highest BCUT2D eigenvalue weighted by molar-refractivity contribution is 9.10. The van der Waals surface area contributed by atoms with Crippen molar-refractivity contribution < 1.29 is 9.53 Å². The highest BCUT2D eigenvalue weighted by atomic mass is 79.9. The number of hydrogen-bond donors (Lipinski definition) is 1. The van der Waals surface area contributed by atoms with Crippen molar-refractivity contribution >= 4 is 21.8 Å². The molecule has 4 heteroatoms. The van der Waals surface area contributed by atoms with Gasteiger partial charge in [0.15, 0.2) is 0 Å². The number of methoxy groups -OCH3 is 1. The van der Waals surface area contributed by atoms with E-state index in [0.29, 0.717) is 5.56 Å². The molecule has 1 rings (SSSR count). The minimum Gasteiger partial charge on any atom is -0.496 e. The molecule has 0 aliphatic heterocycles. The average molecular weight is 300 g/mol. The summed E-state index contributed by atoms with van der Waals surface area (Å²) >= 11 is 3.37. The summed E-state index contributed by atoms with van der Waals surface area (Å²) in [5.74, 6) is 0.678. The van der Waals surface area contributed by atoms with Crippen LogP contribution in [0.5, 0.6) is 5.75 Å². The fourth-order valence-electron chi connectivity index (χ4n) is 1.62. The molecule has 1 amide bonds. The summed E-state index contributed by atoms with van der Waals surface area (Å²) in [7, 11) is 1.60. The van der Waals surface area contributed by atoms with E-state index < -0.39 is 0 Å². The van der Waals surface area contributed by atoms with Gasteiger partial charge in [0.2, 0.25) is 0 Å². The predicted octanol–water partition coefficient (Wildman–Crippen LogP) is 3.38. The van der Waals surface area contributed by atoms with E-state index in [1.165, 1.54) is 0 Å². The number of ether oxygens (including phenoxy) is 1. The normalized spacial score (nSPS) is 12.0. The maximum Gasteiger partial charge on any atom is 0.251 e. The molecule has 3 nitrogen and oxygen atoms in total. The fourth-order valence-corrected chi connectivity index (χ4v) is 2.16. The third kappa shape index (κ3) is 4.04. The molecule has 0 bridgehead atoms.